The molecule has 0 aromatic heterocycles. The quantitative estimate of drug-likeness (QED) is 0.673. The highest BCUT2D eigenvalue weighted by Gasteiger charge is 2.29. The van der Waals surface area contributed by atoms with Crippen LogP contribution in [0.4, 0.5) is 0 Å². The molecule has 2 amide bonds. The third-order valence-corrected chi connectivity index (χ3v) is 2.39. The van der Waals surface area contributed by atoms with Crippen molar-refractivity contribution >= 4 is 11.8 Å². The second-order valence-corrected chi connectivity index (χ2v) is 3.87. The number of carbonyl (C=O) groups excluding carboxylic acids is 2. The maximum atomic E-state index is 11.2. The molecule has 1 aliphatic rings. The van der Waals surface area contributed by atoms with Gasteiger partial charge in [0, 0.05) is 12.0 Å². The first-order chi connectivity index (χ1) is 6.63. The Hall–Kier alpha value is -1.06. The summed E-state index contributed by atoms with van der Waals surface area (Å²) in [4.78, 5) is 22.4. The first kappa shape index (κ1) is 11.0. The maximum absolute atomic E-state index is 11.2. The summed E-state index contributed by atoms with van der Waals surface area (Å²) in [7, 11) is 0. The zero-order chi connectivity index (χ0) is 10.6. The molecular weight excluding hydrogens is 180 g/mol. The van der Waals surface area contributed by atoms with E-state index in [2.05, 4.69) is 10.6 Å². The summed E-state index contributed by atoms with van der Waals surface area (Å²) in [5.41, 5.74) is 0. The molecule has 0 aliphatic heterocycles. The Morgan fingerprint density at radius 2 is 2.07 bits per heavy atom. The van der Waals surface area contributed by atoms with Crippen molar-refractivity contribution in [2.45, 2.75) is 39.2 Å². The number of carbonyl (C=O) groups is 2. The van der Waals surface area contributed by atoms with Gasteiger partial charge >= 0.3 is 0 Å². The third kappa shape index (κ3) is 3.77. The van der Waals surface area contributed by atoms with Crippen molar-refractivity contribution in [1.29, 1.82) is 0 Å². The van der Waals surface area contributed by atoms with Gasteiger partial charge in [-0.3, -0.25) is 9.59 Å². The Bertz CT molecular complexity index is 224. The molecule has 0 heterocycles. The van der Waals surface area contributed by atoms with Crippen LogP contribution in [0.5, 0.6) is 0 Å². The molecule has 1 fully saturated rings. The molecule has 0 aromatic carbocycles. The first-order valence-electron chi connectivity index (χ1n) is 5.20. The summed E-state index contributed by atoms with van der Waals surface area (Å²) < 4.78 is 0. The summed E-state index contributed by atoms with van der Waals surface area (Å²) in [5, 5.41) is 5.41. The Morgan fingerprint density at radius 1 is 1.43 bits per heavy atom. The molecule has 0 spiro atoms. The van der Waals surface area contributed by atoms with E-state index < -0.39 is 0 Å². The Morgan fingerprint density at radius 3 is 2.57 bits per heavy atom. The Balaban J connectivity index is 2.10. The van der Waals surface area contributed by atoms with Crippen LogP contribution < -0.4 is 10.6 Å². The second-order valence-electron chi connectivity index (χ2n) is 3.87. The van der Waals surface area contributed by atoms with Gasteiger partial charge in [-0.1, -0.05) is 6.92 Å². The van der Waals surface area contributed by atoms with Gasteiger partial charge in [-0.15, -0.1) is 0 Å². The molecule has 4 heteroatoms. The number of amides is 2. The van der Waals surface area contributed by atoms with Gasteiger partial charge in [-0.25, -0.2) is 0 Å². The van der Waals surface area contributed by atoms with Crippen LogP contribution in [0, 0.1) is 5.92 Å². The lowest BCUT2D eigenvalue weighted by atomic mass is 10.2. The minimum absolute atomic E-state index is 0.0179. The number of nitrogens with one attached hydrogen (secondary N) is 2. The van der Waals surface area contributed by atoms with Gasteiger partial charge < -0.3 is 10.6 Å². The predicted octanol–water partition coefficient (Wildman–Crippen LogP) is 0.427. The fourth-order valence-electron chi connectivity index (χ4n) is 1.09. The van der Waals surface area contributed by atoms with Crippen molar-refractivity contribution in [3.63, 3.8) is 0 Å². The second kappa shape index (κ2) is 4.98. The lowest BCUT2D eigenvalue weighted by molar-refractivity contribution is -0.127. The monoisotopic (exact) mass is 198 g/mol. The smallest absolute Gasteiger partial charge is 0.239 e. The minimum Gasteiger partial charge on any atom is -0.352 e. The molecule has 1 aliphatic carbocycles. The van der Waals surface area contributed by atoms with Crippen molar-refractivity contribution in [3.8, 4) is 0 Å². The van der Waals surface area contributed by atoms with Crippen molar-refractivity contribution in [1.82, 2.24) is 10.6 Å². The lowest BCUT2D eigenvalue weighted by Crippen LogP contribution is -2.41. The van der Waals surface area contributed by atoms with E-state index in [1.165, 1.54) is 0 Å². The molecule has 1 atom stereocenters. The van der Waals surface area contributed by atoms with Gasteiger partial charge in [-0.05, 0) is 26.2 Å². The van der Waals surface area contributed by atoms with Gasteiger partial charge in [0.15, 0.2) is 0 Å². The zero-order valence-electron chi connectivity index (χ0n) is 8.80. The predicted molar refractivity (Wildman–Crippen MR) is 53.6 cm³/mol. The van der Waals surface area contributed by atoms with Crippen LogP contribution >= 0.6 is 0 Å². The molecule has 14 heavy (non-hydrogen) atoms. The van der Waals surface area contributed by atoms with E-state index in [1.54, 1.807) is 0 Å². The highest BCUT2D eigenvalue weighted by Crippen LogP contribution is 2.28. The van der Waals surface area contributed by atoms with Crippen LogP contribution in [0.1, 0.15) is 33.1 Å². The summed E-state index contributed by atoms with van der Waals surface area (Å²) in [6.07, 6.45) is 2.85. The van der Waals surface area contributed by atoms with E-state index in [0.717, 1.165) is 19.3 Å². The molecule has 0 aromatic rings. The van der Waals surface area contributed by atoms with Crippen molar-refractivity contribution in [2.24, 2.45) is 5.92 Å². The summed E-state index contributed by atoms with van der Waals surface area (Å²) >= 11 is 0. The maximum Gasteiger partial charge on any atom is 0.239 e. The molecule has 80 valence electrons. The van der Waals surface area contributed by atoms with Crippen molar-refractivity contribution in [3.05, 3.63) is 0 Å². The molecular formula is C10H18N2O2. The Kier molecular flexibility index (Phi) is 3.92. The fourth-order valence-corrected chi connectivity index (χ4v) is 1.09. The van der Waals surface area contributed by atoms with E-state index in [9.17, 15) is 9.59 Å². The van der Waals surface area contributed by atoms with Crippen LogP contribution in [0.15, 0.2) is 0 Å². The molecule has 0 saturated heterocycles. The number of hydrogen-bond acceptors (Lipinski definition) is 2. The van der Waals surface area contributed by atoms with Crippen molar-refractivity contribution < 1.29 is 9.59 Å². The van der Waals surface area contributed by atoms with Crippen LogP contribution in [0.3, 0.4) is 0 Å². The summed E-state index contributed by atoms with van der Waals surface area (Å²) in [6, 6.07) is 0.181. The number of rotatable bonds is 5. The average molecular weight is 198 g/mol. The van der Waals surface area contributed by atoms with Crippen LogP contribution in [-0.2, 0) is 9.59 Å². The van der Waals surface area contributed by atoms with E-state index in [1.807, 2.05) is 13.8 Å². The lowest BCUT2D eigenvalue weighted by Gasteiger charge is -2.11. The fraction of sp³-hybridized carbons (Fsp3) is 0.800. The third-order valence-electron chi connectivity index (χ3n) is 2.39. The van der Waals surface area contributed by atoms with Crippen molar-refractivity contribution in [2.75, 3.05) is 6.54 Å². The molecule has 1 unspecified atom stereocenters. The summed E-state index contributed by atoms with van der Waals surface area (Å²) in [5.74, 6) is 0.0871. The normalized spacial score (nSPS) is 17.3. The molecule has 4 nitrogen and oxygen atoms in total. The van der Waals surface area contributed by atoms with E-state index in [-0.39, 0.29) is 30.3 Å². The summed E-state index contributed by atoms with van der Waals surface area (Å²) in [6.45, 7) is 4.06. The van der Waals surface area contributed by atoms with Gasteiger partial charge in [0.25, 0.3) is 0 Å². The first-order valence-corrected chi connectivity index (χ1v) is 5.20. The van der Waals surface area contributed by atoms with Gasteiger partial charge in [0.05, 0.1) is 6.54 Å². The van der Waals surface area contributed by atoms with Gasteiger partial charge in [0.2, 0.25) is 11.8 Å². The average Bonchev–Trinajstić information content (AvgIpc) is 2.97. The molecule has 1 saturated carbocycles. The van der Waals surface area contributed by atoms with Gasteiger partial charge in [0.1, 0.15) is 0 Å². The highest BCUT2D eigenvalue weighted by molar-refractivity contribution is 5.86. The highest BCUT2D eigenvalue weighted by atomic mass is 16.2. The van der Waals surface area contributed by atoms with Crippen LogP contribution in [0.2, 0.25) is 0 Å². The van der Waals surface area contributed by atoms with E-state index >= 15 is 0 Å². The van der Waals surface area contributed by atoms with E-state index in [4.69, 9.17) is 0 Å². The standard InChI is InChI=1S/C10H18N2O2/c1-3-7(2)12-9(13)6-11-10(14)8-4-5-8/h7-8H,3-6H2,1-2H3,(H,11,14)(H,12,13). The molecule has 0 bridgehead atoms. The largest absolute Gasteiger partial charge is 0.352 e. The molecule has 1 rings (SSSR count). The zero-order valence-corrected chi connectivity index (χ0v) is 8.80. The number of hydrogen-bond donors (Lipinski definition) is 2. The minimum atomic E-state index is -0.103. The topological polar surface area (TPSA) is 58.2 Å². The van der Waals surface area contributed by atoms with Crippen LogP contribution in [-0.4, -0.2) is 24.4 Å². The Labute approximate surface area is 84.4 Å². The van der Waals surface area contributed by atoms with Gasteiger partial charge in [-0.2, -0.15) is 0 Å². The molecule has 0 radical (unpaired) electrons. The molecule has 2 N–H and O–H groups in total. The van der Waals surface area contributed by atoms with Crippen LogP contribution in [0.25, 0.3) is 0 Å². The van der Waals surface area contributed by atoms with E-state index in [0.29, 0.717) is 0 Å². The SMILES string of the molecule is CCC(C)NC(=O)CNC(=O)C1CC1.